The van der Waals surface area contributed by atoms with Crippen LogP contribution in [-0.2, 0) is 19.1 Å². The van der Waals surface area contributed by atoms with Crippen LogP contribution < -0.4 is 4.90 Å². The van der Waals surface area contributed by atoms with Gasteiger partial charge in [0.1, 0.15) is 6.04 Å². The zero-order chi connectivity index (χ0) is 28.0. The number of amides is 2. The van der Waals surface area contributed by atoms with Crippen LogP contribution in [0, 0.1) is 18.8 Å². The first-order valence-electron chi connectivity index (χ1n) is 13.6. The summed E-state index contributed by atoms with van der Waals surface area (Å²) < 4.78 is 4.62. The summed E-state index contributed by atoms with van der Waals surface area (Å²) in [6.45, 7) is 2.08. The number of anilines is 1. The van der Waals surface area contributed by atoms with Gasteiger partial charge in [-0.05, 0) is 37.0 Å². The lowest BCUT2D eigenvalue weighted by Gasteiger charge is -2.39. The number of aliphatic hydroxyl groups excluding tert-OH is 1. The summed E-state index contributed by atoms with van der Waals surface area (Å²) in [5.41, 5.74) is 2.15. The molecule has 9 heteroatoms. The SMILES string of the molecule is Cc1cccc(Cl)c1N1CC=C[C@]23S[C@H]4/C=C\CCCOC(=O)[C@H]4[C@H]2C(=O)N([C@H](CO)c2ccccc2)C3C1=O. The normalized spacial score (nSPS) is 31.3. The number of esters is 1. The number of benzene rings is 2. The van der Waals surface area contributed by atoms with E-state index in [1.807, 2.05) is 73.7 Å². The van der Waals surface area contributed by atoms with Gasteiger partial charge in [-0.3, -0.25) is 14.4 Å². The highest BCUT2D eigenvalue weighted by atomic mass is 35.5. The maximum Gasteiger partial charge on any atom is 0.311 e. The molecule has 4 aliphatic rings. The molecule has 4 heterocycles. The van der Waals surface area contributed by atoms with Crippen LogP contribution in [0.25, 0.3) is 0 Å². The predicted molar refractivity (Wildman–Crippen MR) is 155 cm³/mol. The Morgan fingerprint density at radius 2 is 1.90 bits per heavy atom. The van der Waals surface area contributed by atoms with Crippen LogP contribution >= 0.6 is 23.4 Å². The minimum absolute atomic E-state index is 0.266. The summed E-state index contributed by atoms with van der Waals surface area (Å²) in [4.78, 5) is 46.0. The number of ether oxygens (including phenoxy) is 1. The highest BCUT2D eigenvalue weighted by Crippen LogP contribution is 2.62. The molecular formula is C31H31ClN2O5S. The van der Waals surface area contributed by atoms with Gasteiger partial charge < -0.3 is 19.6 Å². The summed E-state index contributed by atoms with van der Waals surface area (Å²) in [7, 11) is 0. The molecule has 6 atom stereocenters. The fraction of sp³-hybridized carbons (Fsp3) is 0.387. The van der Waals surface area contributed by atoms with Gasteiger partial charge in [0, 0.05) is 11.8 Å². The molecule has 208 valence electrons. The molecule has 1 N–H and O–H groups in total. The minimum atomic E-state index is -1.03. The van der Waals surface area contributed by atoms with E-state index >= 15 is 0 Å². The quantitative estimate of drug-likeness (QED) is 0.425. The van der Waals surface area contributed by atoms with Gasteiger partial charge in [0.05, 0.1) is 46.5 Å². The van der Waals surface area contributed by atoms with Crippen LogP contribution in [0.4, 0.5) is 5.69 Å². The van der Waals surface area contributed by atoms with E-state index in [9.17, 15) is 19.5 Å². The lowest BCUT2D eigenvalue weighted by Crippen LogP contribution is -2.54. The lowest BCUT2D eigenvalue weighted by atomic mass is 9.78. The molecule has 4 aliphatic heterocycles. The van der Waals surface area contributed by atoms with Crippen molar-refractivity contribution in [2.75, 3.05) is 24.7 Å². The van der Waals surface area contributed by atoms with Crippen LogP contribution in [0.3, 0.4) is 0 Å². The molecule has 0 bridgehead atoms. The van der Waals surface area contributed by atoms with Crippen molar-refractivity contribution in [3.8, 4) is 0 Å². The number of hydrogen-bond acceptors (Lipinski definition) is 6. The first-order chi connectivity index (χ1) is 19.4. The number of thioether (sulfide) groups is 1. The molecule has 0 radical (unpaired) electrons. The Hall–Kier alpha value is -3.07. The summed E-state index contributed by atoms with van der Waals surface area (Å²) in [6.07, 6.45) is 9.40. The molecule has 1 unspecified atom stereocenters. The molecule has 0 aliphatic carbocycles. The zero-order valence-corrected chi connectivity index (χ0v) is 23.7. The Morgan fingerprint density at radius 1 is 1.10 bits per heavy atom. The fourth-order valence-corrected chi connectivity index (χ4v) is 9.04. The van der Waals surface area contributed by atoms with E-state index in [0.717, 1.165) is 18.4 Å². The van der Waals surface area contributed by atoms with Crippen molar-refractivity contribution in [2.45, 2.75) is 41.8 Å². The Balaban J connectivity index is 1.54. The van der Waals surface area contributed by atoms with E-state index in [1.54, 1.807) is 11.0 Å². The number of carbonyl (C=O) groups is 3. The van der Waals surface area contributed by atoms with Crippen molar-refractivity contribution in [2.24, 2.45) is 11.8 Å². The molecule has 2 amide bonds. The fourth-order valence-electron chi connectivity index (χ4n) is 6.72. The maximum absolute atomic E-state index is 14.8. The van der Waals surface area contributed by atoms with Crippen LogP contribution in [0.15, 0.2) is 72.8 Å². The van der Waals surface area contributed by atoms with Gasteiger partial charge in [0.15, 0.2) is 0 Å². The van der Waals surface area contributed by atoms with Crippen LogP contribution in [0.2, 0.25) is 5.02 Å². The van der Waals surface area contributed by atoms with Crippen molar-refractivity contribution < 1.29 is 24.2 Å². The number of aryl methyl sites for hydroxylation is 1. The average molecular weight is 579 g/mol. The summed E-state index contributed by atoms with van der Waals surface area (Å²) >= 11 is 8.13. The van der Waals surface area contributed by atoms with E-state index in [2.05, 4.69) is 0 Å². The Labute approximate surface area is 242 Å². The lowest BCUT2D eigenvalue weighted by molar-refractivity contribution is -0.153. The second-order valence-electron chi connectivity index (χ2n) is 10.7. The summed E-state index contributed by atoms with van der Waals surface area (Å²) in [5.74, 6) is -2.60. The van der Waals surface area contributed by atoms with Crippen molar-refractivity contribution in [1.82, 2.24) is 4.90 Å². The third kappa shape index (κ3) is 4.19. The second kappa shape index (κ2) is 10.7. The smallest absolute Gasteiger partial charge is 0.311 e. The highest BCUT2D eigenvalue weighted by molar-refractivity contribution is 8.02. The number of likely N-dealkylation sites (tertiary alicyclic amines) is 1. The van der Waals surface area contributed by atoms with Crippen LogP contribution in [-0.4, -0.2) is 63.6 Å². The molecule has 6 rings (SSSR count). The van der Waals surface area contributed by atoms with E-state index < -0.39 is 34.6 Å². The predicted octanol–water partition coefficient (Wildman–Crippen LogP) is 4.48. The van der Waals surface area contributed by atoms with E-state index in [0.29, 0.717) is 16.3 Å². The third-order valence-electron chi connectivity index (χ3n) is 8.44. The van der Waals surface area contributed by atoms with Crippen molar-refractivity contribution in [1.29, 1.82) is 0 Å². The largest absolute Gasteiger partial charge is 0.465 e. The van der Waals surface area contributed by atoms with Crippen LogP contribution in [0.1, 0.15) is 30.0 Å². The van der Waals surface area contributed by atoms with Gasteiger partial charge in [0.25, 0.3) is 5.91 Å². The zero-order valence-electron chi connectivity index (χ0n) is 22.1. The van der Waals surface area contributed by atoms with Gasteiger partial charge >= 0.3 is 5.97 Å². The molecule has 7 nitrogen and oxygen atoms in total. The molecule has 2 aromatic rings. The number of cyclic esters (lactones) is 1. The molecule has 2 aromatic carbocycles. The van der Waals surface area contributed by atoms with Crippen molar-refractivity contribution in [3.05, 3.63) is 89.0 Å². The number of hydrogen-bond donors (Lipinski definition) is 1. The number of fused-ring (bicyclic) bond motifs is 2. The number of halogens is 1. The number of rotatable bonds is 4. The number of allylic oxidation sites excluding steroid dienone is 1. The number of para-hydroxylation sites is 1. The van der Waals surface area contributed by atoms with E-state index in [1.165, 1.54) is 16.7 Å². The third-order valence-corrected chi connectivity index (χ3v) is 10.5. The topological polar surface area (TPSA) is 87.2 Å². The molecule has 40 heavy (non-hydrogen) atoms. The summed E-state index contributed by atoms with van der Waals surface area (Å²) in [6, 6.07) is 13.0. The number of aliphatic hydroxyl groups is 1. The van der Waals surface area contributed by atoms with Crippen molar-refractivity contribution in [3.63, 3.8) is 0 Å². The Kier molecular flexibility index (Phi) is 7.27. The van der Waals surface area contributed by atoms with E-state index in [4.69, 9.17) is 16.3 Å². The van der Waals surface area contributed by atoms with E-state index in [-0.39, 0.29) is 36.8 Å². The molecule has 2 fully saturated rings. The maximum atomic E-state index is 14.8. The van der Waals surface area contributed by atoms with Gasteiger partial charge in [-0.25, -0.2) is 0 Å². The first kappa shape index (κ1) is 27.1. The van der Waals surface area contributed by atoms with Crippen LogP contribution in [0.5, 0.6) is 0 Å². The van der Waals surface area contributed by atoms with Gasteiger partial charge in [0.2, 0.25) is 5.91 Å². The monoisotopic (exact) mass is 578 g/mol. The highest BCUT2D eigenvalue weighted by Gasteiger charge is 2.72. The average Bonchev–Trinajstić information content (AvgIpc) is 3.36. The van der Waals surface area contributed by atoms with Crippen molar-refractivity contribution >= 4 is 46.8 Å². The number of nitrogens with zero attached hydrogens (tertiary/aromatic N) is 2. The number of carbonyl (C=O) groups excluding carboxylic acids is 3. The van der Waals surface area contributed by atoms with Gasteiger partial charge in [-0.15, -0.1) is 11.8 Å². The molecule has 2 saturated heterocycles. The molecule has 1 spiro atoms. The second-order valence-corrected chi connectivity index (χ2v) is 12.6. The standard InChI is InChI=1S/C31H31ClN2O5S/c1-19-10-8-13-21(32)26(19)33-16-9-15-31-25(24-23(40-31)14-6-3-7-17-39-30(24)38)28(36)34(27(31)29(33)37)22(18-35)20-11-4-2-5-12-20/h2,4-6,8-15,22-25,27,35H,3,7,16-18H2,1H3/b14-6-/t22-,23+,24-,25+,27?,31+/m1/s1. The Morgan fingerprint density at radius 3 is 2.65 bits per heavy atom. The minimum Gasteiger partial charge on any atom is -0.465 e. The molecular weight excluding hydrogens is 548 g/mol. The molecule has 0 saturated carbocycles. The first-order valence-corrected chi connectivity index (χ1v) is 14.9. The van der Waals surface area contributed by atoms with Gasteiger partial charge in [-0.2, -0.15) is 0 Å². The molecule has 0 aromatic heterocycles. The Bertz CT molecular complexity index is 1380. The van der Waals surface area contributed by atoms with Gasteiger partial charge in [-0.1, -0.05) is 78.4 Å². The summed E-state index contributed by atoms with van der Waals surface area (Å²) in [5, 5.41) is 10.8.